The van der Waals surface area contributed by atoms with E-state index in [0.717, 1.165) is 24.0 Å². The number of carbonyl (C=O) groups excluding carboxylic acids is 1. The van der Waals surface area contributed by atoms with Gasteiger partial charge < -0.3 is 10.1 Å². The Morgan fingerprint density at radius 2 is 1.78 bits per heavy atom. The van der Waals surface area contributed by atoms with Gasteiger partial charge in [0.2, 0.25) is 10.0 Å². The van der Waals surface area contributed by atoms with Crippen LogP contribution in [0.25, 0.3) is 0 Å². The molecule has 2 aromatic rings. The highest BCUT2D eigenvalue weighted by molar-refractivity contribution is 7.89. The number of rotatable bonds is 5. The Kier molecular flexibility index (Phi) is 5.53. The van der Waals surface area contributed by atoms with Crippen molar-refractivity contribution in [2.75, 3.05) is 25.5 Å². The van der Waals surface area contributed by atoms with Crippen LogP contribution in [0.2, 0.25) is 0 Å². The van der Waals surface area contributed by atoms with Gasteiger partial charge in [0.15, 0.2) is 0 Å². The molecule has 0 spiro atoms. The van der Waals surface area contributed by atoms with Crippen molar-refractivity contribution < 1.29 is 17.9 Å². The maximum atomic E-state index is 12.8. The SMILES string of the molecule is COc1ccc(S(=O)(=O)N2CCCC2)cc1NC(=O)c1ccc(C)cc1C. The number of anilines is 1. The highest BCUT2D eigenvalue weighted by Crippen LogP contribution is 2.30. The van der Waals surface area contributed by atoms with Gasteiger partial charge in [-0.05, 0) is 56.5 Å². The van der Waals surface area contributed by atoms with Gasteiger partial charge >= 0.3 is 0 Å². The molecule has 1 aliphatic rings. The number of hydrogen-bond acceptors (Lipinski definition) is 4. The number of nitrogens with zero attached hydrogens (tertiary/aromatic N) is 1. The molecule has 6 nitrogen and oxygen atoms in total. The second-order valence-electron chi connectivity index (χ2n) is 6.75. The molecule has 0 aliphatic carbocycles. The van der Waals surface area contributed by atoms with E-state index in [-0.39, 0.29) is 10.8 Å². The van der Waals surface area contributed by atoms with E-state index in [0.29, 0.717) is 30.1 Å². The summed E-state index contributed by atoms with van der Waals surface area (Å²) >= 11 is 0. The molecule has 1 aliphatic heterocycles. The monoisotopic (exact) mass is 388 g/mol. The smallest absolute Gasteiger partial charge is 0.256 e. The average molecular weight is 388 g/mol. The van der Waals surface area contributed by atoms with Gasteiger partial charge in [-0.3, -0.25) is 4.79 Å². The summed E-state index contributed by atoms with van der Waals surface area (Å²) in [6, 6.07) is 10.1. The Balaban J connectivity index is 1.93. The van der Waals surface area contributed by atoms with Crippen molar-refractivity contribution in [3.05, 3.63) is 53.1 Å². The lowest BCUT2D eigenvalue weighted by atomic mass is 10.1. The first-order chi connectivity index (χ1) is 12.8. The minimum absolute atomic E-state index is 0.154. The molecule has 0 atom stereocenters. The largest absolute Gasteiger partial charge is 0.495 e. The number of aryl methyl sites for hydroxylation is 2. The summed E-state index contributed by atoms with van der Waals surface area (Å²) in [6.07, 6.45) is 1.73. The van der Waals surface area contributed by atoms with Crippen LogP contribution in [-0.2, 0) is 10.0 Å². The molecule has 0 bridgehead atoms. The molecular formula is C20H24N2O4S. The van der Waals surface area contributed by atoms with Gasteiger partial charge in [0, 0.05) is 18.7 Å². The van der Waals surface area contributed by atoms with Crippen LogP contribution in [0, 0.1) is 13.8 Å². The van der Waals surface area contributed by atoms with Gasteiger partial charge in [-0.2, -0.15) is 4.31 Å². The fraction of sp³-hybridized carbons (Fsp3) is 0.350. The first-order valence-corrected chi connectivity index (χ1v) is 10.3. The van der Waals surface area contributed by atoms with E-state index in [1.165, 1.54) is 23.5 Å². The van der Waals surface area contributed by atoms with Gasteiger partial charge in [-0.1, -0.05) is 17.7 Å². The summed E-state index contributed by atoms with van der Waals surface area (Å²) in [5.41, 5.74) is 2.80. The van der Waals surface area contributed by atoms with Gasteiger partial charge in [0.05, 0.1) is 17.7 Å². The van der Waals surface area contributed by atoms with E-state index < -0.39 is 10.0 Å². The zero-order valence-corrected chi connectivity index (χ0v) is 16.6. The third-order valence-corrected chi connectivity index (χ3v) is 6.64. The molecular weight excluding hydrogens is 364 g/mol. The second kappa shape index (κ2) is 7.70. The Hall–Kier alpha value is -2.38. The lowest BCUT2D eigenvalue weighted by molar-refractivity contribution is 0.102. The zero-order chi connectivity index (χ0) is 19.6. The Bertz CT molecular complexity index is 964. The topological polar surface area (TPSA) is 75.7 Å². The predicted octanol–water partition coefficient (Wildman–Crippen LogP) is 3.35. The van der Waals surface area contributed by atoms with E-state index in [1.54, 1.807) is 12.1 Å². The van der Waals surface area contributed by atoms with Crippen molar-refractivity contribution in [2.24, 2.45) is 0 Å². The zero-order valence-electron chi connectivity index (χ0n) is 15.8. The van der Waals surface area contributed by atoms with Gasteiger partial charge in [-0.15, -0.1) is 0 Å². The van der Waals surface area contributed by atoms with Crippen LogP contribution in [0.4, 0.5) is 5.69 Å². The van der Waals surface area contributed by atoms with E-state index >= 15 is 0 Å². The Morgan fingerprint density at radius 3 is 2.41 bits per heavy atom. The maximum Gasteiger partial charge on any atom is 0.256 e. The standard InChI is InChI=1S/C20H24N2O4S/c1-14-6-8-17(15(2)12-14)20(23)21-18-13-16(7-9-19(18)26-3)27(24,25)22-10-4-5-11-22/h6-9,12-13H,4-5,10-11H2,1-3H3,(H,21,23). The normalized spacial score (nSPS) is 14.9. The number of amides is 1. The summed E-state index contributed by atoms with van der Waals surface area (Å²) in [5.74, 6) is 0.106. The molecule has 27 heavy (non-hydrogen) atoms. The third-order valence-electron chi connectivity index (χ3n) is 4.75. The van der Waals surface area contributed by atoms with E-state index in [9.17, 15) is 13.2 Å². The molecule has 2 aromatic carbocycles. The van der Waals surface area contributed by atoms with Gasteiger partial charge in [0.25, 0.3) is 5.91 Å². The minimum Gasteiger partial charge on any atom is -0.495 e. The fourth-order valence-electron chi connectivity index (χ4n) is 3.28. The molecule has 1 amide bonds. The van der Waals surface area contributed by atoms with Crippen LogP contribution in [0.5, 0.6) is 5.75 Å². The number of benzene rings is 2. The molecule has 7 heteroatoms. The van der Waals surface area contributed by atoms with E-state index in [2.05, 4.69) is 5.32 Å². The van der Waals surface area contributed by atoms with E-state index in [4.69, 9.17) is 4.74 Å². The molecule has 1 fully saturated rings. The van der Waals surface area contributed by atoms with Crippen molar-refractivity contribution in [1.82, 2.24) is 4.31 Å². The molecule has 0 radical (unpaired) electrons. The number of sulfonamides is 1. The molecule has 3 rings (SSSR count). The van der Waals surface area contributed by atoms with Crippen LogP contribution < -0.4 is 10.1 Å². The van der Waals surface area contributed by atoms with Crippen LogP contribution in [-0.4, -0.2) is 38.8 Å². The predicted molar refractivity (Wildman–Crippen MR) is 105 cm³/mol. The third kappa shape index (κ3) is 3.99. The number of carbonyl (C=O) groups is 1. The lowest BCUT2D eigenvalue weighted by Crippen LogP contribution is -2.28. The summed E-state index contributed by atoms with van der Waals surface area (Å²) in [6.45, 7) is 4.88. The molecule has 144 valence electrons. The first-order valence-electron chi connectivity index (χ1n) is 8.90. The number of ether oxygens (including phenoxy) is 1. The van der Waals surface area contributed by atoms with Crippen LogP contribution in [0.1, 0.15) is 34.3 Å². The summed E-state index contributed by atoms with van der Waals surface area (Å²) in [5, 5.41) is 2.79. The molecule has 0 saturated carbocycles. The molecule has 0 aromatic heterocycles. The summed E-state index contributed by atoms with van der Waals surface area (Å²) < 4.78 is 32.4. The van der Waals surface area contributed by atoms with Crippen molar-refractivity contribution >= 4 is 21.6 Å². The van der Waals surface area contributed by atoms with Crippen LogP contribution >= 0.6 is 0 Å². The fourth-order valence-corrected chi connectivity index (χ4v) is 4.82. The quantitative estimate of drug-likeness (QED) is 0.852. The number of hydrogen-bond donors (Lipinski definition) is 1. The van der Waals surface area contributed by atoms with Crippen molar-refractivity contribution in [3.8, 4) is 5.75 Å². The van der Waals surface area contributed by atoms with Crippen molar-refractivity contribution in [3.63, 3.8) is 0 Å². The highest BCUT2D eigenvalue weighted by Gasteiger charge is 2.28. The molecule has 1 N–H and O–H groups in total. The molecule has 1 heterocycles. The first kappa shape index (κ1) is 19.4. The van der Waals surface area contributed by atoms with Gasteiger partial charge in [0.1, 0.15) is 5.75 Å². The number of nitrogens with one attached hydrogen (secondary N) is 1. The van der Waals surface area contributed by atoms with E-state index in [1.807, 2.05) is 26.0 Å². The maximum absolute atomic E-state index is 12.8. The van der Waals surface area contributed by atoms with Gasteiger partial charge in [-0.25, -0.2) is 8.42 Å². The highest BCUT2D eigenvalue weighted by atomic mass is 32.2. The van der Waals surface area contributed by atoms with Crippen LogP contribution in [0.3, 0.4) is 0 Å². The molecule has 1 saturated heterocycles. The average Bonchev–Trinajstić information content (AvgIpc) is 3.17. The summed E-state index contributed by atoms with van der Waals surface area (Å²) in [4.78, 5) is 12.9. The minimum atomic E-state index is -3.57. The van der Waals surface area contributed by atoms with Crippen molar-refractivity contribution in [1.29, 1.82) is 0 Å². The van der Waals surface area contributed by atoms with Crippen LogP contribution in [0.15, 0.2) is 41.3 Å². The second-order valence-corrected chi connectivity index (χ2v) is 8.68. The lowest BCUT2D eigenvalue weighted by Gasteiger charge is -2.18. The van der Waals surface area contributed by atoms with Crippen molar-refractivity contribution in [2.45, 2.75) is 31.6 Å². The summed E-state index contributed by atoms with van der Waals surface area (Å²) in [7, 11) is -2.09. The number of methoxy groups -OCH3 is 1. The molecule has 0 unspecified atom stereocenters. The Morgan fingerprint density at radius 1 is 1.07 bits per heavy atom. The Labute approximate surface area is 160 Å².